The fraction of sp³-hybridized carbons (Fsp3) is 0.467. The van der Waals surface area contributed by atoms with Crippen LogP contribution in [-0.4, -0.2) is 41.5 Å². The average Bonchev–Trinajstić information content (AvgIpc) is 3.11. The normalized spacial score (nSPS) is 18.4. The second-order valence-corrected chi connectivity index (χ2v) is 7.73. The first-order valence-corrected chi connectivity index (χ1v) is 9.50. The third-order valence-electron chi connectivity index (χ3n) is 4.17. The quantitative estimate of drug-likeness (QED) is 0.846. The SMILES string of the molecule is NS(=O)(=O)CCCC(=O)N1CCCC1c1nc2ccc(F)cc2[nH]1. The maximum Gasteiger partial charge on any atom is 0.223 e. The number of carbonyl (C=O) groups excluding carboxylic acids is 1. The third-order valence-corrected chi connectivity index (χ3v) is 5.03. The summed E-state index contributed by atoms with van der Waals surface area (Å²) >= 11 is 0. The van der Waals surface area contributed by atoms with Gasteiger partial charge in [0.1, 0.15) is 11.6 Å². The van der Waals surface area contributed by atoms with E-state index in [-0.39, 0.29) is 36.4 Å². The second kappa shape index (κ2) is 6.48. The zero-order valence-electron chi connectivity index (χ0n) is 13.0. The number of hydrogen-bond donors (Lipinski definition) is 2. The summed E-state index contributed by atoms with van der Waals surface area (Å²) in [6.07, 6.45) is 1.94. The van der Waals surface area contributed by atoms with Gasteiger partial charge in [-0.25, -0.2) is 22.9 Å². The van der Waals surface area contributed by atoms with Crippen molar-refractivity contribution >= 4 is 27.0 Å². The summed E-state index contributed by atoms with van der Waals surface area (Å²) in [5.41, 5.74) is 1.25. The Bertz CT molecular complexity index is 865. The summed E-state index contributed by atoms with van der Waals surface area (Å²) in [6.45, 7) is 0.601. The van der Waals surface area contributed by atoms with Gasteiger partial charge in [0.2, 0.25) is 15.9 Å². The van der Waals surface area contributed by atoms with Crippen molar-refractivity contribution < 1.29 is 17.6 Å². The van der Waals surface area contributed by atoms with Crippen molar-refractivity contribution in [2.75, 3.05) is 12.3 Å². The minimum atomic E-state index is -3.56. The van der Waals surface area contributed by atoms with E-state index in [9.17, 15) is 17.6 Å². The van der Waals surface area contributed by atoms with Crippen molar-refractivity contribution in [1.82, 2.24) is 14.9 Å². The number of rotatable bonds is 5. The van der Waals surface area contributed by atoms with E-state index in [1.54, 1.807) is 11.0 Å². The van der Waals surface area contributed by atoms with Crippen LogP contribution >= 0.6 is 0 Å². The standard InChI is InChI=1S/C15H19FN4O3S/c16-10-5-6-11-12(9-10)19-15(18-11)13-3-1-7-20(13)14(21)4-2-8-24(17,22)23/h5-6,9,13H,1-4,7-8H2,(H,18,19)(H2,17,22,23). The number of fused-ring (bicyclic) bond motifs is 1. The zero-order chi connectivity index (χ0) is 17.3. The lowest BCUT2D eigenvalue weighted by molar-refractivity contribution is -0.132. The molecular weight excluding hydrogens is 335 g/mol. The fourth-order valence-corrected chi connectivity index (χ4v) is 3.62. The third kappa shape index (κ3) is 3.73. The summed E-state index contributed by atoms with van der Waals surface area (Å²) in [7, 11) is -3.56. The van der Waals surface area contributed by atoms with E-state index < -0.39 is 10.0 Å². The molecule has 1 aliphatic heterocycles. The molecule has 1 aromatic carbocycles. The van der Waals surface area contributed by atoms with Gasteiger partial charge >= 0.3 is 0 Å². The lowest BCUT2D eigenvalue weighted by Gasteiger charge is -2.23. The van der Waals surface area contributed by atoms with Gasteiger partial charge in [0.05, 0.1) is 22.8 Å². The smallest absolute Gasteiger partial charge is 0.223 e. The number of imidazole rings is 1. The number of amides is 1. The average molecular weight is 354 g/mol. The summed E-state index contributed by atoms with van der Waals surface area (Å²) in [5, 5.41) is 4.95. The molecule has 2 heterocycles. The first-order chi connectivity index (χ1) is 11.3. The van der Waals surface area contributed by atoms with E-state index in [1.807, 2.05) is 0 Å². The Kier molecular flexibility index (Phi) is 4.55. The number of nitrogens with two attached hydrogens (primary N) is 1. The topological polar surface area (TPSA) is 109 Å². The molecule has 130 valence electrons. The highest BCUT2D eigenvalue weighted by molar-refractivity contribution is 7.89. The van der Waals surface area contributed by atoms with Crippen LogP contribution in [-0.2, 0) is 14.8 Å². The number of likely N-dealkylation sites (tertiary alicyclic amines) is 1. The molecule has 9 heteroatoms. The molecule has 0 aliphatic carbocycles. The van der Waals surface area contributed by atoms with Crippen molar-refractivity contribution in [2.24, 2.45) is 5.14 Å². The van der Waals surface area contributed by atoms with Crippen molar-refractivity contribution in [3.63, 3.8) is 0 Å². The number of aromatic amines is 1. The van der Waals surface area contributed by atoms with Gasteiger partial charge in [-0.15, -0.1) is 0 Å². The number of nitrogens with one attached hydrogen (secondary N) is 1. The van der Waals surface area contributed by atoms with Crippen molar-refractivity contribution in [3.8, 4) is 0 Å². The van der Waals surface area contributed by atoms with Crippen LogP contribution in [0.4, 0.5) is 4.39 Å². The van der Waals surface area contributed by atoms with E-state index in [0.717, 1.165) is 12.8 Å². The highest BCUT2D eigenvalue weighted by Gasteiger charge is 2.31. The minimum Gasteiger partial charge on any atom is -0.340 e. The van der Waals surface area contributed by atoms with Gasteiger partial charge in [0.15, 0.2) is 0 Å². The molecule has 1 saturated heterocycles. The van der Waals surface area contributed by atoms with Crippen LogP contribution in [0.2, 0.25) is 0 Å². The maximum absolute atomic E-state index is 13.3. The Morgan fingerprint density at radius 2 is 2.25 bits per heavy atom. The molecule has 2 aromatic rings. The summed E-state index contributed by atoms with van der Waals surface area (Å²) < 4.78 is 35.2. The largest absolute Gasteiger partial charge is 0.340 e. The number of aromatic nitrogens is 2. The van der Waals surface area contributed by atoms with Gasteiger partial charge in [-0.3, -0.25) is 4.79 Å². The molecule has 0 spiro atoms. The first kappa shape index (κ1) is 16.8. The number of carbonyl (C=O) groups is 1. The van der Waals surface area contributed by atoms with Crippen molar-refractivity contribution in [3.05, 3.63) is 29.8 Å². The molecule has 7 nitrogen and oxygen atoms in total. The lowest BCUT2D eigenvalue weighted by Crippen LogP contribution is -2.31. The van der Waals surface area contributed by atoms with Gasteiger partial charge in [0.25, 0.3) is 0 Å². The van der Waals surface area contributed by atoms with E-state index in [4.69, 9.17) is 5.14 Å². The predicted octanol–water partition coefficient (Wildman–Crippen LogP) is 1.43. The van der Waals surface area contributed by atoms with Crippen LogP contribution in [0.15, 0.2) is 18.2 Å². The molecule has 0 bridgehead atoms. The number of benzene rings is 1. The molecule has 1 aliphatic rings. The summed E-state index contributed by atoms with van der Waals surface area (Å²) in [6, 6.07) is 4.12. The van der Waals surface area contributed by atoms with E-state index in [2.05, 4.69) is 9.97 Å². The molecule has 1 atom stereocenters. The lowest BCUT2D eigenvalue weighted by atomic mass is 10.2. The molecule has 24 heavy (non-hydrogen) atoms. The molecule has 1 fully saturated rings. The number of halogens is 1. The highest BCUT2D eigenvalue weighted by Crippen LogP contribution is 2.32. The number of H-pyrrole nitrogens is 1. The van der Waals surface area contributed by atoms with E-state index in [0.29, 0.717) is 23.4 Å². The molecule has 1 unspecified atom stereocenters. The van der Waals surface area contributed by atoms with Crippen molar-refractivity contribution in [2.45, 2.75) is 31.7 Å². The molecule has 1 aromatic heterocycles. The Morgan fingerprint density at radius 1 is 1.46 bits per heavy atom. The Balaban J connectivity index is 1.73. The molecule has 1 amide bonds. The van der Waals surface area contributed by atoms with Crippen LogP contribution in [0.1, 0.15) is 37.5 Å². The maximum atomic E-state index is 13.3. The van der Waals surface area contributed by atoms with Crippen LogP contribution in [0.5, 0.6) is 0 Å². The fourth-order valence-electron chi connectivity index (χ4n) is 3.08. The highest BCUT2D eigenvalue weighted by atomic mass is 32.2. The van der Waals surface area contributed by atoms with Gasteiger partial charge in [0, 0.05) is 13.0 Å². The predicted molar refractivity (Wildman–Crippen MR) is 86.9 cm³/mol. The Hall–Kier alpha value is -2.00. The van der Waals surface area contributed by atoms with Crippen LogP contribution in [0.3, 0.4) is 0 Å². The summed E-state index contributed by atoms with van der Waals surface area (Å²) in [5.74, 6) is -0.0398. The molecular formula is C15H19FN4O3S. The zero-order valence-corrected chi connectivity index (χ0v) is 13.9. The number of hydrogen-bond acceptors (Lipinski definition) is 4. The molecule has 0 radical (unpaired) electrons. The first-order valence-electron chi connectivity index (χ1n) is 7.78. The minimum absolute atomic E-state index is 0.118. The number of sulfonamides is 1. The molecule has 0 saturated carbocycles. The van der Waals surface area contributed by atoms with Crippen LogP contribution in [0, 0.1) is 5.82 Å². The second-order valence-electron chi connectivity index (χ2n) is 6.00. The Labute approximate surface area is 139 Å². The van der Waals surface area contributed by atoms with E-state index >= 15 is 0 Å². The van der Waals surface area contributed by atoms with Crippen molar-refractivity contribution in [1.29, 1.82) is 0 Å². The van der Waals surface area contributed by atoms with Gasteiger partial charge in [-0.1, -0.05) is 0 Å². The monoisotopic (exact) mass is 354 g/mol. The Morgan fingerprint density at radius 3 is 3.00 bits per heavy atom. The molecule has 3 N–H and O–H groups in total. The number of nitrogens with zero attached hydrogens (tertiary/aromatic N) is 2. The number of primary sulfonamides is 1. The summed E-state index contributed by atoms with van der Waals surface area (Å²) in [4.78, 5) is 21.6. The molecule has 3 rings (SSSR count). The van der Waals surface area contributed by atoms with Gasteiger partial charge in [-0.05, 0) is 37.5 Å². The van der Waals surface area contributed by atoms with Gasteiger partial charge in [-0.2, -0.15) is 0 Å². The van der Waals surface area contributed by atoms with Gasteiger partial charge < -0.3 is 9.88 Å². The van der Waals surface area contributed by atoms with Crippen LogP contribution in [0.25, 0.3) is 11.0 Å². The van der Waals surface area contributed by atoms with E-state index in [1.165, 1.54) is 12.1 Å². The van der Waals surface area contributed by atoms with Crippen LogP contribution < -0.4 is 5.14 Å².